The van der Waals surface area contributed by atoms with Crippen LogP contribution < -0.4 is 5.32 Å². The fourth-order valence-electron chi connectivity index (χ4n) is 2.20. The third kappa shape index (κ3) is 3.99. The average molecular weight is 387 g/mol. The van der Waals surface area contributed by atoms with Crippen molar-refractivity contribution < 1.29 is 8.78 Å². The van der Waals surface area contributed by atoms with Crippen LogP contribution in [0, 0.1) is 15.2 Å². The summed E-state index contributed by atoms with van der Waals surface area (Å²) in [5.41, 5.74) is 1.48. The second kappa shape index (κ2) is 7.13. The first-order chi connectivity index (χ1) is 9.60. The van der Waals surface area contributed by atoms with Gasteiger partial charge in [-0.25, -0.2) is 8.78 Å². The molecule has 0 fully saturated rings. The van der Waals surface area contributed by atoms with Gasteiger partial charge in [0.15, 0.2) is 0 Å². The van der Waals surface area contributed by atoms with Crippen molar-refractivity contribution in [2.45, 2.75) is 19.4 Å². The molecule has 0 aliphatic rings. The molecular weight excluding hydrogens is 371 g/mol. The highest BCUT2D eigenvalue weighted by molar-refractivity contribution is 14.1. The molecule has 0 amide bonds. The molecule has 1 nitrogen and oxygen atoms in total. The fraction of sp³-hybridized carbons (Fsp3) is 0.250. The smallest absolute Gasteiger partial charge is 0.126 e. The van der Waals surface area contributed by atoms with E-state index in [0.29, 0.717) is 12.0 Å². The molecular formula is C16H16F2IN. The number of benzene rings is 2. The Bertz CT molecular complexity index is 586. The van der Waals surface area contributed by atoms with E-state index in [-0.39, 0.29) is 11.9 Å². The summed E-state index contributed by atoms with van der Waals surface area (Å²) in [4.78, 5) is 0. The molecule has 0 aromatic heterocycles. The largest absolute Gasteiger partial charge is 0.310 e. The molecule has 0 heterocycles. The van der Waals surface area contributed by atoms with Crippen LogP contribution in [0.4, 0.5) is 8.78 Å². The van der Waals surface area contributed by atoms with E-state index >= 15 is 0 Å². The Morgan fingerprint density at radius 2 is 1.95 bits per heavy atom. The van der Waals surface area contributed by atoms with Crippen molar-refractivity contribution in [2.75, 3.05) is 6.54 Å². The molecule has 2 aromatic carbocycles. The van der Waals surface area contributed by atoms with E-state index in [1.165, 1.54) is 12.1 Å². The van der Waals surface area contributed by atoms with Crippen molar-refractivity contribution in [1.82, 2.24) is 5.32 Å². The zero-order chi connectivity index (χ0) is 14.5. The van der Waals surface area contributed by atoms with Gasteiger partial charge in [-0.2, -0.15) is 0 Å². The first-order valence-corrected chi connectivity index (χ1v) is 7.60. The van der Waals surface area contributed by atoms with E-state index in [0.717, 1.165) is 21.7 Å². The number of nitrogens with one attached hydrogen (secondary N) is 1. The molecule has 1 atom stereocenters. The molecule has 2 rings (SSSR count). The topological polar surface area (TPSA) is 12.0 Å². The van der Waals surface area contributed by atoms with Gasteiger partial charge in [-0.15, -0.1) is 0 Å². The molecule has 0 aliphatic heterocycles. The summed E-state index contributed by atoms with van der Waals surface area (Å²) in [6.07, 6.45) is 0.428. The summed E-state index contributed by atoms with van der Waals surface area (Å²) in [5.74, 6) is -0.765. The Kier molecular flexibility index (Phi) is 5.48. The van der Waals surface area contributed by atoms with Crippen LogP contribution in [-0.4, -0.2) is 6.54 Å². The van der Waals surface area contributed by atoms with Crippen molar-refractivity contribution in [3.05, 3.63) is 68.8 Å². The van der Waals surface area contributed by atoms with Crippen LogP contribution in [0.5, 0.6) is 0 Å². The molecule has 0 saturated carbocycles. The maximum absolute atomic E-state index is 13.8. The molecule has 2 aromatic rings. The quantitative estimate of drug-likeness (QED) is 0.747. The van der Waals surface area contributed by atoms with E-state index < -0.39 is 5.82 Å². The van der Waals surface area contributed by atoms with Gasteiger partial charge in [0.1, 0.15) is 11.6 Å². The molecule has 0 saturated heterocycles. The van der Waals surface area contributed by atoms with Crippen LogP contribution in [0.3, 0.4) is 0 Å². The van der Waals surface area contributed by atoms with Gasteiger partial charge in [-0.3, -0.25) is 0 Å². The summed E-state index contributed by atoms with van der Waals surface area (Å²) >= 11 is 2.25. The van der Waals surface area contributed by atoms with Crippen LogP contribution in [0.1, 0.15) is 24.1 Å². The predicted molar refractivity (Wildman–Crippen MR) is 85.6 cm³/mol. The number of rotatable bonds is 5. The Labute approximate surface area is 131 Å². The summed E-state index contributed by atoms with van der Waals surface area (Å²) in [6, 6.07) is 11.6. The van der Waals surface area contributed by atoms with E-state index in [4.69, 9.17) is 0 Å². The van der Waals surface area contributed by atoms with Crippen LogP contribution in [0.25, 0.3) is 0 Å². The molecule has 4 heteroatoms. The Morgan fingerprint density at radius 3 is 2.65 bits per heavy atom. The highest BCUT2D eigenvalue weighted by Gasteiger charge is 2.14. The zero-order valence-corrected chi connectivity index (χ0v) is 13.3. The number of likely N-dealkylation sites (N-methyl/N-ethyl adjacent to an activating group) is 1. The minimum absolute atomic E-state index is 0.0222. The SMILES string of the molecule is CCNC(Cc1cc(F)ccc1F)c1cccc(I)c1. The van der Waals surface area contributed by atoms with Crippen LogP contribution >= 0.6 is 22.6 Å². The summed E-state index contributed by atoms with van der Waals surface area (Å²) in [5, 5.41) is 3.33. The highest BCUT2D eigenvalue weighted by Crippen LogP contribution is 2.22. The lowest BCUT2D eigenvalue weighted by atomic mass is 9.98. The lowest BCUT2D eigenvalue weighted by Gasteiger charge is -2.19. The van der Waals surface area contributed by atoms with Crippen molar-refractivity contribution in [1.29, 1.82) is 0 Å². The lowest BCUT2D eigenvalue weighted by molar-refractivity contribution is 0.522. The van der Waals surface area contributed by atoms with Gasteiger partial charge in [-0.1, -0.05) is 19.1 Å². The van der Waals surface area contributed by atoms with Crippen molar-refractivity contribution in [3.63, 3.8) is 0 Å². The van der Waals surface area contributed by atoms with E-state index in [9.17, 15) is 8.78 Å². The molecule has 106 valence electrons. The molecule has 20 heavy (non-hydrogen) atoms. The van der Waals surface area contributed by atoms with Crippen LogP contribution in [0.2, 0.25) is 0 Å². The van der Waals surface area contributed by atoms with Gasteiger partial charge in [0.05, 0.1) is 0 Å². The van der Waals surface area contributed by atoms with Gasteiger partial charge < -0.3 is 5.32 Å². The zero-order valence-electron chi connectivity index (χ0n) is 11.2. The standard InChI is InChI=1S/C16H16F2IN/c1-2-20-16(11-4-3-5-14(19)9-11)10-12-8-13(17)6-7-15(12)18/h3-9,16,20H,2,10H2,1H3. The Balaban J connectivity index is 2.27. The van der Waals surface area contributed by atoms with Gasteiger partial charge >= 0.3 is 0 Å². The minimum atomic E-state index is -0.403. The normalized spacial score (nSPS) is 12.4. The molecule has 0 bridgehead atoms. The van der Waals surface area contributed by atoms with Gasteiger partial charge in [0, 0.05) is 9.61 Å². The molecule has 0 radical (unpaired) electrons. The third-order valence-electron chi connectivity index (χ3n) is 3.13. The van der Waals surface area contributed by atoms with Gasteiger partial charge in [-0.05, 0) is 77.0 Å². The number of halogens is 3. The number of hydrogen-bond donors (Lipinski definition) is 1. The third-order valence-corrected chi connectivity index (χ3v) is 3.80. The van der Waals surface area contributed by atoms with Crippen molar-refractivity contribution >= 4 is 22.6 Å². The van der Waals surface area contributed by atoms with E-state index in [2.05, 4.69) is 34.0 Å². The van der Waals surface area contributed by atoms with E-state index in [1.807, 2.05) is 25.1 Å². The summed E-state index contributed by atoms with van der Waals surface area (Å²) < 4.78 is 28.2. The first-order valence-electron chi connectivity index (χ1n) is 6.53. The molecule has 0 spiro atoms. The van der Waals surface area contributed by atoms with Gasteiger partial charge in [0.2, 0.25) is 0 Å². The first kappa shape index (κ1) is 15.4. The summed E-state index contributed by atoms with van der Waals surface area (Å²) in [6.45, 7) is 2.77. The monoisotopic (exact) mass is 387 g/mol. The molecule has 1 unspecified atom stereocenters. The van der Waals surface area contributed by atoms with Gasteiger partial charge in [0.25, 0.3) is 0 Å². The number of hydrogen-bond acceptors (Lipinski definition) is 1. The average Bonchev–Trinajstić information content (AvgIpc) is 2.42. The Hall–Kier alpha value is -1.01. The lowest BCUT2D eigenvalue weighted by Crippen LogP contribution is -2.23. The maximum atomic E-state index is 13.8. The van der Waals surface area contributed by atoms with E-state index in [1.54, 1.807) is 0 Å². The predicted octanol–water partition coefficient (Wildman–Crippen LogP) is 4.46. The minimum Gasteiger partial charge on any atom is -0.310 e. The summed E-state index contributed by atoms with van der Waals surface area (Å²) in [7, 11) is 0. The van der Waals surface area contributed by atoms with Crippen LogP contribution in [-0.2, 0) is 6.42 Å². The van der Waals surface area contributed by atoms with Crippen molar-refractivity contribution in [2.24, 2.45) is 0 Å². The second-order valence-corrected chi connectivity index (χ2v) is 5.85. The maximum Gasteiger partial charge on any atom is 0.126 e. The Morgan fingerprint density at radius 1 is 1.15 bits per heavy atom. The molecule has 0 aliphatic carbocycles. The van der Waals surface area contributed by atoms with Crippen LogP contribution in [0.15, 0.2) is 42.5 Å². The highest BCUT2D eigenvalue weighted by atomic mass is 127. The van der Waals surface area contributed by atoms with Crippen molar-refractivity contribution in [3.8, 4) is 0 Å². The fourth-order valence-corrected chi connectivity index (χ4v) is 2.76. The second-order valence-electron chi connectivity index (χ2n) is 4.61. The molecule has 1 N–H and O–H groups in total.